The summed E-state index contributed by atoms with van der Waals surface area (Å²) in [5, 5.41) is 9.21. The average Bonchev–Trinajstić information content (AvgIpc) is 2.46. The van der Waals surface area contributed by atoms with Crippen LogP contribution in [0.3, 0.4) is 0 Å². The lowest BCUT2D eigenvalue weighted by atomic mass is 10.1. The summed E-state index contributed by atoms with van der Waals surface area (Å²) < 4.78 is 5.31. The van der Waals surface area contributed by atoms with Crippen LogP contribution in [-0.4, -0.2) is 23.9 Å². The monoisotopic (exact) mass is 283 g/mol. The van der Waals surface area contributed by atoms with Gasteiger partial charge in [-0.3, -0.25) is 4.99 Å². The molecule has 0 radical (unpaired) electrons. The summed E-state index contributed by atoms with van der Waals surface area (Å²) in [6.07, 6.45) is 1.65. The largest absolute Gasteiger partial charge is 0.493 e. The average molecular weight is 283 g/mol. The van der Waals surface area contributed by atoms with Gasteiger partial charge in [-0.25, -0.2) is 4.79 Å². The number of rotatable bonds is 5. The molecule has 0 aliphatic rings. The van der Waals surface area contributed by atoms with E-state index < -0.39 is 5.97 Å². The summed E-state index contributed by atoms with van der Waals surface area (Å²) in [4.78, 5) is 15.6. The molecule has 0 unspecified atom stereocenters. The minimum atomic E-state index is -1.01. The Labute approximate surface area is 123 Å². The molecule has 0 aliphatic carbocycles. The van der Waals surface area contributed by atoms with Crippen LogP contribution in [0, 0.1) is 6.92 Å². The predicted molar refractivity (Wildman–Crippen MR) is 83.0 cm³/mol. The van der Waals surface area contributed by atoms with E-state index in [1.165, 1.54) is 0 Å². The Morgan fingerprint density at radius 3 is 2.76 bits per heavy atom. The standard InChI is InChI=1S/C17H17NO3/c1-3-21-16-8-7-13(10-15(16)17(19)20)11-18-14-6-4-5-12(2)9-14/h4-11H,3H2,1-2H3,(H,19,20). The Hall–Kier alpha value is -2.62. The molecule has 21 heavy (non-hydrogen) atoms. The Morgan fingerprint density at radius 2 is 2.10 bits per heavy atom. The number of benzene rings is 2. The Bertz CT molecular complexity index is 677. The van der Waals surface area contributed by atoms with Crippen LogP contribution in [0.4, 0.5) is 5.69 Å². The highest BCUT2D eigenvalue weighted by Crippen LogP contribution is 2.20. The van der Waals surface area contributed by atoms with E-state index >= 15 is 0 Å². The first-order valence-electron chi connectivity index (χ1n) is 6.71. The van der Waals surface area contributed by atoms with Gasteiger partial charge in [0.25, 0.3) is 0 Å². The highest BCUT2D eigenvalue weighted by Gasteiger charge is 2.11. The number of aryl methyl sites for hydroxylation is 1. The van der Waals surface area contributed by atoms with E-state index in [1.807, 2.05) is 38.1 Å². The number of aliphatic imine (C=N–C) groups is 1. The number of carboxylic acid groups (broad SMARTS) is 1. The number of carbonyl (C=O) groups is 1. The quantitative estimate of drug-likeness (QED) is 0.848. The summed E-state index contributed by atoms with van der Waals surface area (Å²) in [5.41, 5.74) is 2.82. The second-order valence-corrected chi connectivity index (χ2v) is 4.59. The van der Waals surface area contributed by atoms with E-state index in [9.17, 15) is 9.90 Å². The molecule has 0 bridgehead atoms. The van der Waals surface area contributed by atoms with E-state index in [0.717, 1.165) is 16.8 Å². The highest BCUT2D eigenvalue weighted by atomic mass is 16.5. The molecule has 0 spiro atoms. The number of hydrogen-bond acceptors (Lipinski definition) is 3. The predicted octanol–water partition coefficient (Wildman–Crippen LogP) is 3.84. The Morgan fingerprint density at radius 1 is 1.29 bits per heavy atom. The molecule has 1 N–H and O–H groups in total. The number of nitrogens with zero attached hydrogens (tertiary/aromatic N) is 1. The topological polar surface area (TPSA) is 58.9 Å². The number of aromatic carboxylic acids is 1. The minimum absolute atomic E-state index is 0.144. The first-order chi connectivity index (χ1) is 10.1. The SMILES string of the molecule is CCOc1ccc(C=Nc2cccc(C)c2)cc1C(=O)O. The van der Waals surface area contributed by atoms with E-state index in [4.69, 9.17) is 4.74 Å². The third-order valence-corrected chi connectivity index (χ3v) is 2.90. The summed E-state index contributed by atoms with van der Waals surface area (Å²) in [5.74, 6) is -0.637. The minimum Gasteiger partial charge on any atom is -0.493 e. The van der Waals surface area contributed by atoms with Gasteiger partial charge < -0.3 is 9.84 Å². The molecule has 4 nitrogen and oxygen atoms in total. The van der Waals surface area contributed by atoms with Crippen molar-refractivity contribution in [3.8, 4) is 5.75 Å². The van der Waals surface area contributed by atoms with Crippen molar-refractivity contribution < 1.29 is 14.6 Å². The zero-order valence-electron chi connectivity index (χ0n) is 12.0. The van der Waals surface area contributed by atoms with Gasteiger partial charge >= 0.3 is 5.97 Å². The van der Waals surface area contributed by atoms with E-state index in [-0.39, 0.29) is 5.56 Å². The molecular weight excluding hydrogens is 266 g/mol. The van der Waals surface area contributed by atoms with Gasteiger partial charge in [-0.15, -0.1) is 0 Å². The van der Waals surface area contributed by atoms with Crippen molar-refractivity contribution in [3.63, 3.8) is 0 Å². The second kappa shape index (κ2) is 6.70. The van der Waals surface area contributed by atoms with Crippen molar-refractivity contribution in [2.75, 3.05) is 6.61 Å². The summed E-state index contributed by atoms with van der Waals surface area (Å²) in [6, 6.07) is 12.8. The van der Waals surface area contributed by atoms with Gasteiger partial charge in [0.1, 0.15) is 11.3 Å². The molecule has 2 rings (SSSR count). The van der Waals surface area contributed by atoms with Crippen molar-refractivity contribution >= 4 is 17.9 Å². The Kier molecular flexibility index (Phi) is 4.72. The molecular formula is C17H17NO3. The van der Waals surface area contributed by atoms with Crippen molar-refractivity contribution in [1.29, 1.82) is 0 Å². The molecule has 4 heteroatoms. The maximum Gasteiger partial charge on any atom is 0.339 e. The normalized spacial score (nSPS) is 10.8. The van der Waals surface area contributed by atoms with E-state index in [1.54, 1.807) is 24.4 Å². The summed E-state index contributed by atoms with van der Waals surface area (Å²) >= 11 is 0. The molecule has 0 saturated heterocycles. The molecule has 0 aliphatic heterocycles. The first kappa shape index (κ1) is 14.8. The first-order valence-corrected chi connectivity index (χ1v) is 6.71. The van der Waals surface area contributed by atoms with Gasteiger partial charge in [0.05, 0.1) is 12.3 Å². The van der Waals surface area contributed by atoms with Crippen molar-refractivity contribution in [2.24, 2.45) is 4.99 Å². The molecule has 0 amide bonds. The second-order valence-electron chi connectivity index (χ2n) is 4.59. The lowest BCUT2D eigenvalue weighted by Gasteiger charge is -2.07. The fourth-order valence-corrected chi connectivity index (χ4v) is 1.93. The van der Waals surface area contributed by atoms with Gasteiger partial charge in [0.2, 0.25) is 0 Å². The molecule has 2 aromatic carbocycles. The number of ether oxygens (including phenoxy) is 1. The van der Waals surface area contributed by atoms with Crippen molar-refractivity contribution in [1.82, 2.24) is 0 Å². The maximum absolute atomic E-state index is 11.2. The zero-order chi connectivity index (χ0) is 15.2. The molecule has 0 aromatic heterocycles. The van der Waals surface area contributed by atoms with Gasteiger partial charge in [-0.05, 0) is 55.3 Å². The number of hydrogen-bond donors (Lipinski definition) is 1. The highest BCUT2D eigenvalue weighted by molar-refractivity contribution is 5.94. The van der Waals surface area contributed by atoms with Crippen LogP contribution >= 0.6 is 0 Å². The van der Waals surface area contributed by atoms with Gasteiger partial charge in [-0.2, -0.15) is 0 Å². The van der Waals surface area contributed by atoms with Crippen LogP contribution in [-0.2, 0) is 0 Å². The van der Waals surface area contributed by atoms with Crippen molar-refractivity contribution in [3.05, 3.63) is 59.2 Å². The van der Waals surface area contributed by atoms with Crippen LogP contribution in [0.1, 0.15) is 28.4 Å². The fraction of sp³-hybridized carbons (Fsp3) is 0.176. The lowest BCUT2D eigenvalue weighted by Crippen LogP contribution is -2.03. The maximum atomic E-state index is 11.2. The van der Waals surface area contributed by atoms with Gasteiger partial charge in [0, 0.05) is 6.21 Å². The van der Waals surface area contributed by atoms with Crippen LogP contribution < -0.4 is 4.74 Å². The molecule has 0 fully saturated rings. The third kappa shape index (κ3) is 3.92. The molecule has 0 atom stereocenters. The van der Waals surface area contributed by atoms with Gasteiger partial charge in [0.15, 0.2) is 0 Å². The van der Waals surface area contributed by atoms with Crippen LogP contribution in [0.5, 0.6) is 5.75 Å². The third-order valence-electron chi connectivity index (χ3n) is 2.90. The molecule has 108 valence electrons. The van der Waals surface area contributed by atoms with Crippen LogP contribution in [0.15, 0.2) is 47.5 Å². The fourth-order valence-electron chi connectivity index (χ4n) is 1.93. The summed E-state index contributed by atoms with van der Waals surface area (Å²) in [7, 11) is 0. The molecule has 0 saturated carbocycles. The lowest BCUT2D eigenvalue weighted by molar-refractivity contribution is 0.0692. The molecule has 0 heterocycles. The Balaban J connectivity index is 2.28. The zero-order valence-corrected chi connectivity index (χ0v) is 12.0. The van der Waals surface area contributed by atoms with Crippen LogP contribution in [0.2, 0.25) is 0 Å². The smallest absolute Gasteiger partial charge is 0.339 e. The van der Waals surface area contributed by atoms with Crippen molar-refractivity contribution in [2.45, 2.75) is 13.8 Å². The molecule has 2 aromatic rings. The number of carboxylic acids is 1. The van der Waals surface area contributed by atoms with Crippen LogP contribution in [0.25, 0.3) is 0 Å². The van der Waals surface area contributed by atoms with E-state index in [2.05, 4.69) is 4.99 Å². The van der Waals surface area contributed by atoms with Gasteiger partial charge in [-0.1, -0.05) is 12.1 Å². The van der Waals surface area contributed by atoms with E-state index in [0.29, 0.717) is 12.4 Å². The summed E-state index contributed by atoms with van der Waals surface area (Å²) in [6.45, 7) is 4.24.